The zero-order valence-corrected chi connectivity index (χ0v) is 44.5. The summed E-state index contributed by atoms with van der Waals surface area (Å²) in [5.41, 5.74) is 20.3. The molecule has 4 heterocycles. The number of imidazole rings is 2. The first-order chi connectivity index (χ1) is 33.3. The molecule has 0 atom stereocenters. The van der Waals surface area contributed by atoms with Crippen LogP contribution in [-0.4, -0.2) is 18.8 Å². The number of pyridine rings is 2. The number of hydrogen-bond acceptors (Lipinski definition) is 2. The average molecular weight is 923 g/mol. The van der Waals surface area contributed by atoms with Gasteiger partial charge in [-0.1, -0.05) is 194 Å². The Kier molecular flexibility index (Phi) is 12.1. The van der Waals surface area contributed by atoms with E-state index in [1.54, 1.807) is 0 Å². The van der Waals surface area contributed by atoms with Crippen molar-refractivity contribution in [1.29, 1.82) is 0 Å². The maximum Gasteiger partial charge on any atom is 0.145 e. The minimum atomic E-state index is 0.166. The molecular weight excluding hydrogens is 849 g/mol. The number of fused-ring (bicyclic) bond motifs is 12. The second-order valence-corrected chi connectivity index (χ2v) is 24.1. The fraction of sp³-hybridized carbons (Fsp3) is 0.364. The van der Waals surface area contributed by atoms with Gasteiger partial charge in [-0.05, 0) is 129 Å². The van der Waals surface area contributed by atoms with E-state index in [0.717, 1.165) is 48.4 Å². The molecule has 0 aliphatic carbocycles. The van der Waals surface area contributed by atoms with E-state index in [0.29, 0.717) is 23.7 Å². The molecule has 0 aliphatic heterocycles. The van der Waals surface area contributed by atoms with Crippen LogP contribution >= 0.6 is 0 Å². The van der Waals surface area contributed by atoms with Gasteiger partial charge in [-0.25, -0.2) is 9.97 Å². The molecule has 0 amide bonds. The standard InChI is InChI=1S/C66H74N4/c1-39(2)45-25-19-26-46(40(3)4)59(45)61-55(67-63-51-23-17-15-21-49(51)53-35-43(37-65(9,10)11)29-33-57(53)69(61)63)31-32-56-62(60-47(41(5)6)27-20-28-48(60)42(7)8)70-58-34-30-44(38-66(12,13)14)36-54(58)50-22-16-18-24-52(50)64(70)68-56/h15-30,33-36,39-42H,31-32,37-38H2,1-14H3. The maximum atomic E-state index is 5.88. The Morgan fingerprint density at radius 3 is 1.03 bits per heavy atom. The van der Waals surface area contributed by atoms with Crippen LogP contribution in [0.1, 0.15) is 165 Å². The summed E-state index contributed by atoms with van der Waals surface area (Å²) in [6.45, 7) is 32.8. The van der Waals surface area contributed by atoms with Gasteiger partial charge in [-0.3, -0.25) is 8.80 Å². The smallest absolute Gasteiger partial charge is 0.145 e. The first kappa shape index (κ1) is 47.4. The van der Waals surface area contributed by atoms with Crippen LogP contribution in [0, 0.1) is 10.8 Å². The van der Waals surface area contributed by atoms with Gasteiger partial charge in [0.1, 0.15) is 11.3 Å². The van der Waals surface area contributed by atoms with Gasteiger partial charge in [-0.15, -0.1) is 0 Å². The highest BCUT2D eigenvalue weighted by molar-refractivity contribution is 6.14. The second-order valence-electron chi connectivity index (χ2n) is 24.1. The average Bonchev–Trinajstić information content (AvgIpc) is 3.88. The summed E-state index contributed by atoms with van der Waals surface area (Å²) in [6, 6.07) is 46.3. The zero-order valence-electron chi connectivity index (χ0n) is 44.5. The van der Waals surface area contributed by atoms with Crippen LogP contribution in [0.5, 0.6) is 0 Å². The monoisotopic (exact) mass is 923 g/mol. The molecular formula is C66H74N4. The number of aryl methyl sites for hydroxylation is 2. The van der Waals surface area contributed by atoms with E-state index in [1.165, 1.54) is 99.2 Å². The Hall–Kier alpha value is -6.26. The lowest BCUT2D eigenvalue weighted by Crippen LogP contribution is -2.09. The fourth-order valence-electron chi connectivity index (χ4n) is 11.8. The second kappa shape index (κ2) is 17.9. The predicted octanol–water partition coefficient (Wildman–Crippen LogP) is 18.4. The Morgan fingerprint density at radius 2 is 0.714 bits per heavy atom. The minimum absolute atomic E-state index is 0.166. The van der Waals surface area contributed by atoms with Crippen molar-refractivity contribution in [3.05, 3.63) is 166 Å². The summed E-state index contributed by atoms with van der Waals surface area (Å²) in [4.78, 5) is 11.8. The minimum Gasteiger partial charge on any atom is -0.291 e. The SMILES string of the molecule is CC(C)c1cccc(C(C)C)c1-c1c(CCc2nc3c4ccccc4c4cc(CC(C)(C)C)ccc4n3c2-c2c(C(C)C)cccc2C(C)C)nc2c3ccccc3c3cc(CC(C)(C)C)ccc3n12. The summed E-state index contributed by atoms with van der Waals surface area (Å²) < 4.78 is 5.10. The summed E-state index contributed by atoms with van der Waals surface area (Å²) in [7, 11) is 0. The molecule has 0 fully saturated rings. The van der Waals surface area contributed by atoms with Crippen molar-refractivity contribution < 1.29 is 0 Å². The highest BCUT2D eigenvalue weighted by atomic mass is 15.0. The third-order valence-corrected chi connectivity index (χ3v) is 14.7. The molecule has 0 saturated heterocycles. The lowest BCUT2D eigenvalue weighted by atomic mass is 9.85. The first-order valence-electron chi connectivity index (χ1n) is 26.2. The van der Waals surface area contributed by atoms with Gasteiger partial charge in [0.05, 0.1) is 33.8 Å². The molecule has 70 heavy (non-hydrogen) atoms. The lowest BCUT2D eigenvalue weighted by molar-refractivity contribution is 0.411. The Bertz CT molecular complexity index is 3340. The first-order valence-corrected chi connectivity index (χ1v) is 26.2. The molecule has 0 N–H and O–H groups in total. The summed E-state index contributed by atoms with van der Waals surface area (Å²) >= 11 is 0. The van der Waals surface area contributed by atoms with Gasteiger partial charge in [0.15, 0.2) is 0 Å². The van der Waals surface area contributed by atoms with E-state index < -0.39 is 0 Å². The molecule has 10 rings (SSSR count). The number of rotatable bonds is 11. The lowest BCUT2D eigenvalue weighted by Gasteiger charge is -2.22. The van der Waals surface area contributed by atoms with Crippen LogP contribution in [0.4, 0.5) is 0 Å². The van der Waals surface area contributed by atoms with Crippen LogP contribution in [0.3, 0.4) is 0 Å². The van der Waals surface area contributed by atoms with E-state index in [2.05, 4.69) is 227 Å². The highest BCUT2D eigenvalue weighted by Crippen LogP contribution is 2.45. The van der Waals surface area contributed by atoms with Crippen LogP contribution < -0.4 is 0 Å². The van der Waals surface area contributed by atoms with Crippen molar-refractivity contribution in [2.75, 3.05) is 0 Å². The molecule has 0 spiro atoms. The van der Waals surface area contributed by atoms with Crippen molar-refractivity contribution in [2.45, 2.75) is 146 Å². The number of benzene rings is 6. The number of hydrogen-bond donors (Lipinski definition) is 0. The molecule has 0 bridgehead atoms. The Labute approximate surface area is 417 Å². The van der Waals surface area contributed by atoms with Gasteiger partial charge in [0.2, 0.25) is 0 Å². The molecule has 4 aromatic heterocycles. The van der Waals surface area contributed by atoms with Gasteiger partial charge < -0.3 is 0 Å². The molecule has 0 unspecified atom stereocenters. The van der Waals surface area contributed by atoms with Crippen molar-refractivity contribution in [1.82, 2.24) is 18.8 Å². The normalized spacial score (nSPS) is 12.9. The number of aromatic nitrogens is 4. The predicted molar refractivity (Wildman–Crippen MR) is 301 cm³/mol. The van der Waals surface area contributed by atoms with Gasteiger partial charge in [-0.2, -0.15) is 0 Å². The van der Waals surface area contributed by atoms with Crippen LogP contribution in [0.2, 0.25) is 0 Å². The molecule has 4 heteroatoms. The van der Waals surface area contributed by atoms with E-state index in [4.69, 9.17) is 9.97 Å². The maximum absolute atomic E-state index is 5.88. The third kappa shape index (κ3) is 8.39. The van der Waals surface area contributed by atoms with E-state index in [-0.39, 0.29) is 10.8 Å². The van der Waals surface area contributed by atoms with Crippen molar-refractivity contribution in [3.63, 3.8) is 0 Å². The van der Waals surface area contributed by atoms with Crippen molar-refractivity contribution in [3.8, 4) is 22.5 Å². The molecule has 10 aromatic rings. The molecule has 358 valence electrons. The van der Waals surface area contributed by atoms with Gasteiger partial charge in [0, 0.05) is 32.7 Å². The molecule has 0 saturated carbocycles. The number of nitrogens with zero attached hydrogens (tertiary/aromatic N) is 4. The fourth-order valence-corrected chi connectivity index (χ4v) is 11.8. The third-order valence-electron chi connectivity index (χ3n) is 14.7. The summed E-state index contributed by atoms with van der Waals surface area (Å²) in [5, 5.41) is 7.44. The molecule has 4 nitrogen and oxygen atoms in total. The Morgan fingerprint density at radius 1 is 0.386 bits per heavy atom. The quantitative estimate of drug-likeness (QED) is 0.121. The largest absolute Gasteiger partial charge is 0.291 e. The van der Waals surface area contributed by atoms with Crippen molar-refractivity contribution >= 4 is 54.6 Å². The van der Waals surface area contributed by atoms with Crippen molar-refractivity contribution in [2.24, 2.45) is 10.8 Å². The topological polar surface area (TPSA) is 34.6 Å². The molecule has 6 aromatic carbocycles. The van der Waals surface area contributed by atoms with Gasteiger partial charge >= 0.3 is 0 Å². The van der Waals surface area contributed by atoms with Crippen LogP contribution in [-0.2, 0) is 25.7 Å². The van der Waals surface area contributed by atoms with Gasteiger partial charge in [0.25, 0.3) is 0 Å². The summed E-state index contributed by atoms with van der Waals surface area (Å²) in [5.74, 6) is 1.26. The highest BCUT2D eigenvalue weighted by Gasteiger charge is 2.29. The molecule has 0 radical (unpaired) electrons. The summed E-state index contributed by atoms with van der Waals surface area (Å²) in [6.07, 6.45) is 3.46. The van der Waals surface area contributed by atoms with E-state index in [1.807, 2.05) is 0 Å². The molecule has 0 aliphatic rings. The van der Waals surface area contributed by atoms with Crippen LogP contribution in [0.25, 0.3) is 77.2 Å². The van der Waals surface area contributed by atoms with E-state index in [9.17, 15) is 0 Å². The zero-order chi connectivity index (χ0) is 49.6. The Balaban J connectivity index is 1.30. The van der Waals surface area contributed by atoms with Crippen LogP contribution in [0.15, 0.2) is 121 Å². The van der Waals surface area contributed by atoms with E-state index >= 15 is 0 Å².